The van der Waals surface area contributed by atoms with Gasteiger partial charge < -0.3 is 15.4 Å². The Morgan fingerprint density at radius 3 is 2.86 bits per heavy atom. The summed E-state index contributed by atoms with van der Waals surface area (Å²) < 4.78 is 7.59. The van der Waals surface area contributed by atoms with E-state index in [2.05, 4.69) is 20.1 Å². The van der Waals surface area contributed by atoms with Gasteiger partial charge in [0.1, 0.15) is 6.33 Å². The fourth-order valence-electron chi connectivity index (χ4n) is 4.15. The van der Waals surface area contributed by atoms with Crippen molar-refractivity contribution in [2.75, 3.05) is 31.2 Å². The van der Waals surface area contributed by atoms with Crippen molar-refractivity contribution in [3.63, 3.8) is 0 Å². The van der Waals surface area contributed by atoms with Crippen LogP contribution in [0.2, 0.25) is 5.02 Å². The first-order valence-corrected chi connectivity index (χ1v) is 10.8. The molecule has 2 aliphatic rings. The topological polar surface area (TPSA) is 94.5 Å². The molecule has 8 nitrogen and oxygen atoms in total. The SMILES string of the molecule is Cc1nccc(Sc2cnc(N3CCC4(CC3)COCC4N)n3cnnc23)c1Cl. The molecular formula is C19H22ClN7OS. The Labute approximate surface area is 177 Å². The fraction of sp³-hybridized carbons (Fsp3) is 0.474. The Hall–Kier alpha value is -1.94. The second-order valence-electron chi connectivity index (χ2n) is 7.73. The lowest BCUT2D eigenvalue weighted by Crippen LogP contribution is -2.49. The van der Waals surface area contributed by atoms with Crippen molar-refractivity contribution < 1.29 is 4.74 Å². The maximum Gasteiger partial charge on any atom is 0.212 e. The summed E-state index contributed by atoms with van der Waals surface area (Å²) in [7, 11) is 0. The summed E-state index contributed by atoms with van der Waals surface area (Å²) in [5.41, 5.74) is 7.99. The molecule has 5 rings (SSSR count). The first-order valence-electron chi connectivity index (χ1n) is 9.63. The monoisotopic (exact) mass is 431 g/mol. The molecule has 2 saturated heterocycles. The van der Waals surface area contributed by atoms with E-state index in [9.17, 15) is 0 Å². The van der Waals surface area contributed by atoms with Gasteiger partial charge in [0.15, 0.2) is 5.65 Å². The molecule has 2 N–H and O–H groups in total. The van der Waals surface area contributed by atoms with Gasteiger partial charge in [-0.3, -0.25) is 4.98 Å². The Kier molecular flexibility index (Phi) is 4.85. The molecule has 2 fully saturated rings. The second-order valence-corrected chi connectivity index (χ2v) is 9.19. The summed E-state index contributed by atoms with van der Waals surface area (Å²) in [6, 6.07) is 2.03. The van der Waals surface area contributed by atoms with E-state index in [4.69, 9.17) is 27.1 Å². The molecule has 0 aliphatic carbocycles. The summed E-state index contributed by atoms with van der Waals surface area (Å²) >= 11 is 7.94. The zero-order chi connectivity index (χ0) is 20.0. The van der Waals surface area contributed by atoms with E-state index >= 15 is 0 Å². The lowest BCUT2D eigenvalue weighted by Gasteiger charge is -2.41. The van der Waals surface area contributed by atoms with Crippen molar-refractivity contribution in [1.82, 2.24) is 24.6 Å². The van der Waals surface area contributed by atoms with Gasteiger partial charge in [0.25, 0.3) is 0 Å². The molecule has 0 amide bonds. The predicted octanol–water partition coefficient (Wildman–Crippen LogP) is 2.58. The van der Waals surface area contributed by atoms with Crippen LogP contribution >= 0.6 is 23.4 Å². The van der Waals surface area contributed by atoms with Crippen molar-refractivity contribution in [1.29, 1.82) is 0 Å². The van der Waals surface area contributed by atoms with Crippen LogP contribution in [-0.2, 0) is 4.74 Å². The number of nitrogens with zero attached hydrogens (tertiary/aromatic N) is 6. The van der Waals surface area contributed by atoms with Crippen LogP contribution in [0.3, 0.4) is 0 Å². The third-order valence-electron chi connectivity index (χ3n) is 6.04. The molecule has 0 radical (unpaired) electrons. The zero-order valence-electron chi connectivity index (χ0n) is 16.1. The van der Waals surface area contributed by atoms with E-state index in [1.807, 2.05) is 23.6 Å². The Balaban J connectivity index is 1.42. The molecule has 10 heteroatoms. The largest absolute Gasteiger partial charge is 0.379 e. The van der Waals surface area contributed by atoms with Crippen molar-refractivity contribution in [2.24, 2.45) is 11.1 Å². The number of nitrogens with two attached hydrogens (primary N) is 1. The van der Waals surface area contributed by atoms with Crippen molar-refractivity contribution in [3.05, 3.63) is 35.5 Å². The zero-order valence-corrected chi connectivity index (χ0v) is 17.7. The standard InChI is InChI=1S/C19H22ClN7OS/c1-12-16(20)13(2-5-22-12)29-14-8-23-18(27-11-24-25-17(14)27)26-6-3-19(4-7-26)10-28-9-15(19)21/h2,5,8,11,15H,3-4,6-7,9-10,21H2,1H3. The molecule has 0 bridgehead atoms. The molecule has 1 atom stereocenters. The van der Waals surface area contributed by atoms with E-state index in [1.54, 1.807) is 12.5 Å². The number of fused-ring (bicyclic) bond motifs is 1. The molecule has 5 heterocycles. The number of hydrogen-bond acceptors (Lipinski definition) is 8. The minimum atomic E-state index is 0.106. The molecule has 152 valence electrons. The van der Waals surface area contributed by atoms with E-state index in [-0.39, 0.29) is 11.5 Å². The van der Waals surface area contributed by atoms with Crippen LogP contribution in [0.1, 0.15) is 18.5 Å². The highest BCUT2D eigenvalue weighted by molar-refractivity contribution is 7.99. The average Bonchev–Trinajstić information content (AvgIpc) is 3.35. The van der Waals surface area contributed by atoms with Gasteiger partial charge >= 0.3 is 0 Å². The summed E-state index contributed by atoms with van der Waals surface area (Å²) in [6.07, 6.45) is 7.33. The van der Waals surface area contributed by atoms with Crippen molar-refractivity contribution in [3.8, 4) is 0 Å². The number of rotatable bonds is 3. The van der Waals surface area contributed by atoms with Crippen LogP contribution in [0, 0.1) is 12.3 Å². The first-order chi connectivity index (χ1) is 14.1. The van der Waals surface area contributed by atoms with Crippen LogP contribution < -0.4 is 10.6 Å². The minimum Gasteiger partial charge on any atom is -0.379 e. The molecule has 0 saturated carbocycles. The smallest absolute Gasteiger partial charge is 0.212 e. The van der Waals surface area contributed by atoms with Gasteiger partial charge in [-0.05, 0) is 25.8 Å². The van der Waals surface area contributed by atoms with Crippen LogP contribution in [0.4, 0.5) is 5.95 Å². The maximum atomic E-state index is 6.42. The fourth-order valence-corrected chi connectivity index (χ4v) is 5.32. The van der Waals surface area contributed by atoms with Crippen molar-refractivity contribution >= 4 is 35.0 Å². The maximum absolute atomic E-state index is 6.42. The number of hydrogen-bond donors (Lipinski definition) is 1. The Morgan fingerprint density at radius 2 is 2.10 bits per heavy atom. The minimum absolute atomic E-state index is 0.106. The Morgan fingerprint density at radius 1 is 1.28 bits per heavy atom. The summed E-state index contributed by atoms with van der Waals surface area (Å²) in [5, 5.41) is 9.11. The van der Waals surface area contributed by atoms with Crippen molar-refractivity contribution in [2.45, 2.75) is 35.6 Å². The van der Waals surface area contributed by atoms with Crippen LogP contribution in [0.15, 0.2) is 34.6 Å². The molecular weight excluding hydrogens is 410 g/mol. The van der Waals surface area contributed by atoms with Gasteiger partial charge in [0.2, 0.25) is 5.95 Å². The highest BCUT2D eigenvalue weighted by Gasteiger charge is 2.44. The summed E-state index contributed by atoms with van der Waals surface area (Å²) in [5.74, 6) is 0.855. The van der Waals surface area contributed by atoms with Gasteiger partial charge in [-0.25, -0.2) is 9.38 Å². The van der Waals surface area contributed by atoms with Gasteiger partial charge in [-0.15, -0.1) is 10.2 Å². The lowest BCUT2D eigenvalue weighted by atomic mass is 9.75. The van der Waals surface area contributed by atoms with Gasteiger partial charge in [-0.1, -0.05) is 23.4 Å². The first kappa shape index (κ1) is 19.0. The number of piperidine rings is 1. The van der Waals surface area contributed by atoms with E-state index in [0.29, 0.717) is 11.6 Å². The molecule has 0 aromatic carbocycles. The number of halogens is 1. The van der Waals surface area contributed by atoms with Gasteiger partial charge in [-0.2, -0.15) is 0 Å². The highest BCUT2D eigenvalue weighted by atomic mass is 35.5. The Bertz CT molecular complexity index is 1050. The third kappa shape index (κ3) is 3.26. The van der Waals surface area contributed by atoms with Gasteiger partial charge in [0, 0.05) is 41.8 Å². The van der Waals surface area contributed by atoms with Gasteiger partial charge in [0.05, 0.1) is 28.8 Å². The molecule has 1 unspecified atom stereocenters. The number of anilines is 1. The third-order valence-corrected chi connectivity index (χ3v) is 7.70. The molecule has 3 aromatic heterocycles. The van der Waals surface area contributed by atoms with E-state index < -0.39 is 0 Å². The molecule has 29 heavy (non-hydrogen) atoms. The normalized spacial score (nSPS) is 21.3. The molecule has 1 spiro atoms. The quantitative estimate of drug-likeness (QED) is 0.676. The lowest BCUT2D eigenvalue weighted by molar-refractivity contribution is 0.131. The molecule has 3 aromatic rings. The molecule has 2 aliphatic heterocycles. The van der Waals surface area contributed by atoms with Crippen LogP contribution in [0.5, 0.6) is 0 Å². The van der Waals surface area contributed by atoms with E-state index in [0.717, 1.165) is 59.6 Å². The van der Waals surface area contributed by atoms with Crippen LogP contribution in [-0.4, -0.2) is 56.9 Å². The number of ether oxygens (including phenoxy) is 1. The highest BCUT2D eigenvalue weighted by Crippen LogP contribution is 2.40. The summed E-state index contributed by atoms with van der Waals surface area (Å²) in [6.45, 7) is 5.10. The predicted molar refractivity (Wildman–Crippen MR) is 112 cm³/mol. The average molecular weight is 432 g/mol. The number of aryl methyl sites for hydroxylation is 1. The van der Waals surface area contributed by atoms with E-state index in [1.165, 1.54) is 11.8 Å². The van der Waals surface area contributed by atoms with Crippen LogP contribution in [0.25, 0.3) is 5.65 Å². The number of pyridine rings is 1. The number of aromatic nitrogens is 5. The second kappa shape index (κ2) is 7.39. The summed E-state index contributed by atoms with van der Waals surface area (Å²) in [4.78, 5) is 13.1.